The highest BCUT2D eigenvalue weighted by atomic mass is 19.1. The fourth-order valence-corrected chi connectivity index (χ4v) is 3.47. The van der Waals surface area contributed by atoms with Crippen LogP contribution in [0.5, 0.6) is 0 Å². The molecule has 1 aliphatic heterocycles. The Kier molecular flexibility index (Phi) is 5.78. The normalized spacial score (nSPS) is 20.7. The van der Waals surface area contributed by atoms with Crippen molar-refractivity contribution < 1.29 is 14.3 Å². The Hall–Kier alpha value is -3.15. The Labute approximate surface area is 164 Å². The van der Waals surface area contributed by atoms with Crippen molar-refractivity contribution in [3.8, 4) is 17.9 Å². The maximum absolute atomic E-state index is 13.5. The fraction of sp³-hybridized carbons (Fsp3) is 0.304. The van der Waals surface area contributed by atoms with Gasteiger partial charge in [0, 0.05) is 23.0 Å². The summed E-state index contributed by atoms with van der Waals surface area (Å²) in [7, 11) is 0. The van der Waals surface area contributed by atoms with E-state index in [9.17, 15) is 19.6 Å². The molecule has 1 aliphatic rings. The summed E-state index contributed by atoms with van der Waals surface area (Å²) in [6, 6.07) is 13.8. The van der Waals surface area contributed by atoms with Gasteiger partial charge in [0.1, 0.15) is 11.9 Å². The number of nitriles is 1. The lowest BCUT2D eigenvalue weighted by Gasteiger charge is -2.51. The molecule has 3 rings (SSSR count). The average Bonchev–Trinajstić information content (AvgIpc) is 2.67. The first-order valence-electron chi connectivity index (χ1n) is 9.16. The first-order chi connectivity index (χ1) is 13.5. The third kappa shape index (κ3) is 3.76. The smallest absolute Gasteiger partial charge is 0.255 e. The maximum Gasteiger partial charge on any atom is 0.255 e. The van der Waals surface area contributed by atoms with Crippen LogP contribution in [0.1, 0.15) is 41.3 Å². The molecule has 1 heterocycles. The first-order valence-corrected chi connectivity index (χ1v) is 9.16. The van der Waals surface area contributed by atoms with Crippen LogP contribution < -0.4 is 0 Å². The summed E-state index contributed by atoms with van der Waals surface area (Å²) >= 11 is 0. The lowest BCUT2D eigenvalue weighted by atomic mass is 9.75. The number of aliphatic hydroxyl groups is 1. The van der Waals surface area contributed by atoms with E-state index in [4.69, 9.17) is 0 Å². The predicted molar refractivity (Wildman–Crippen MR) is 104 cm³/mol. The second-order valence-corrected chi connectivity index (χ2v) is 7.12. The van der Waals surface area contributed by atoms with Gasteiger partial charge in [0.05, 0.1) is 18.7 Å². The summed E-state index contributed by atoms with van der Waals surface area (Å²) in [6.07, 6.45) is 0. The van der Waals surface area contributed by atoms with Gasteiger partial charge < -0.3 is 10.0 Å². The molecule has 0 spiro atoms. The molecule has 1 N–H and O–H groups in total. The molecular formula is C23H21FN2O2. The molecule has 4 nitrogen and oxygen atoms in total. The van der Waals surface area contributed by atoms with Gasteiger partial charge >= 0.3 is 0 Å². The van der Waals surface area contributed by atoms with Gasteiger partial charge in [0.25, 0.3) is 5.91 Å². The summed E-state index contributed by atoms with van der Waals surface area (Å²) < 4.78 is 13.5. The standard InChI is InChI=1S/C23H21FN2O2/c1-15(2)6-7-16-8-10-17(11-9-16)22-20(13-25)26(21(22)14-27)23(28)18-4-3-5-19(24)12-18/h3-5,8-12,15,20-22,27H,14H2,1-2H3/t20-,21+,22-/m0/s1. The van der Waals surface area contributed by atoms with Crippen molar-refractivity contribution in [1.82, 2.24) is 4.90 Å². The SMILES string of the molecule is CC(C)C#Cc1ccc([C@@H]2[C@@H](CO)N(C(=O)c3cccc(F)c3)[C@H]2C#N)cc1. The van der Waals surface area contributed by atoms with Crippen LogP contribution in [0.15, 0.2) is 48.5 Å². The summed E-state index contributed by atoms with van der Waals surface area (Å²) in [6.45, 7) is 3.76. The Bertz CT molecular complexity index is 967. The summed E-state index contributed by atoms with van der Waals surface area (Å²) in [4.78, 5) is 14.1. The molecule has 1 fully saturated rings. The lowest BCUT2D eigenvalue weighted by molar-refractivity contribution is -0.00588. The largest absolute Gasteiger partial charge is 0.394 e. The molecule has 2 aromatic carbocycles. The third-order valence-corrected chi connectivity index (χ3v) is 4.84. The Morgan fingerprint density at radius 2 is 1.96 bits per heavy atom. The second-order valence-electron chi connectivity index (χ2n) is 7.12. The first kappa shape index (κ1) is 19.6. The van der Waals surface area contributed by atoms with Crippen molar-refractivity contribution in [2.24, 2.45) is 5.92 Å². The van der Waals surface area contributed by atoms with Crippen LogP contribution in [0.2, 0.25) is 0 Å². The van der Waals surface area contributed by atoms with Gasteiger partial charge in [-0.25, -0.2) is 4.39 Å². The van der Waals surface area contributed by atoms with Crippen molar-refractivity contribution in [2.75, 3.05) is 6.61 Å². The monoisotopic (exact) mass is 376 g/mol. The van der Waals surface area contributed by atoms with Gasteiger partial charge in [-0.15, -0.1) is 0 Å². The minimum absolute atomic E-state index is 0.163. The highest BCUT2D eigenvalue weighted by molar-refractivity contribution is 5.95. The molecule has 0 aromatic heterocycles. The number of nitrogens with zero attached hydrogens (tertiary/aromatic N) is 2. The van der Waals surface area contributed by atoms with E-state index in [0.29, 0.717) is 0 Å². The Morgan fingerprint density at radius 3 is 2.54 bits per heavy atom. The number of carbonyl (C=O) groups excluding carboxylic acids is 1. The number of hydrogen-bond donors (Lipinski definition) is 1. The van der Waals surface area contributed by atoms with Crippen molar-refractivity contribution in [2.45, 2.75) is 31.8 Å². The van der Waals surface area contributed by atoms with Gasteiger partial charge in [-0.1, -0.05) is 43.9 Å². The van der Waals surface area contributed by atoms with Crippen LogP contribution in [0, 0.1) is 34.9 Å². The van der Waals surface area contributed by atoms with Crippen LogP contribution in [0.25, 0.3) is 0 Å². The lowest BCUT2D eigenvalue weighted by Crippen LogP contribution is -2.65. The minimum atomic E-state index is -0.722. The summed E-state index contributed by atoms with van der Waals surface area (Å²) in [5.41, 5.74) is 1.90. The van der Waals surface area contributed by atoms with Crippen LogP contribution in [0.4, 0.5) is 4.39 Å². The van der Waals surface area contributed by atoms with Crippen molar-refractivity contribution in [3.63, 3.8) is 0 Å². The molecule has 142 valence electrons. The molecular weight excluding hydrogens is 355 g/mol. The van der Waals surface area contributed by atoms with Crippen LogP contribution in [-0.2, 0) is 0 Å². The zero-order valence-electron chi connectivity index (χ0n) is 15.8. The molecule has 0 aliphatic carbocycles. The highest BCUT2D eigenvalue weighted by Gasteiger charge is 2.51. The third-order valence-electron chi connectivity index (χ3n) is 4.84. The topological polar surface area (TPSA) is 64.3 Å². The molecule has 1 saturated heterocycles. The second kappa shape index (κ2) is 8.25. The molecule has 0 radical (unpaired) electrons. The van der Waals surface area contributed by atoms with E-state index in [0.717, 1.165) is 17.2 Å². The number of halogens is 1. The number of amides is 1. The number of hydrogen-bond acceptors (Lipinski definition) is 3. The van der Waals surface area contributed by atoms with Gasteiger partial charge in [0.2, 0.25) is 0 Å². The van der Waals surface area contributed by atoms with Gasteiger partial charge in [-0.2, -0.15) is 5.26 Å². The summed E-state index contributed by atoms with van der Waals surface area (Å²) in [5, 5.41) is 19.5. The molecule has 28 heavy (non-hydrogen) atoms. The van der Waals surface area contributed by atoms with E-state index >= 15 is 0 Å². The van der Waals surface area contributed by atoms with Crippen LogP contribution in [-0.4, -0.2) is 34.6 Å². The Morgan fingerprint density at radius 1 is 1.25 bits per heavy atom. The van der Waals surface area contributed by atoms with E-state index in [-0.39, 0.29) is 24.0 Å². The van der Waals surface area contributed by atoms with E-state index < -0.39 is 23.8 Å². The number of aliphatic hydroxyl groups excluding tert-OH is 1. The molecule has 1 amide bonds. The van der Waals surface area contributed by atoms with Crippen molar-refractivity contribution in [1.29, 1.82) is 5.26 Å². The number of carbonyl (C=O) groups is 1. The molecule has 0 saturated carbocycles. The van der Waals surface area contributed by atoms with E-state index in [1.54, 1.807) is 0 Å². The number of rotatable bonds is 3. The number of benzene rings is 2. The fourth-order valence-electron chi connectivity index (χ4n) is 3.47. The predicted octanol–water partition coefficient (Wildman–Crippen LogP) is 3.33. The van der Waals surface area contributed by atoms with Crippen molar-refractivity contribution in [3.05, 3.63) is 71.0 Å². The number of likely N-dealkylation sites (tertiary alicyclic amines) is 1. The van der Waals surface area contributed by atoms with Gasteiger partial charge in [0.15, 0.2) is 0 Å². The molecule has 3 atom stereocenters. The van der Waals surface area contributed by atoms with Crippen LogP contribution in [0.3, 0.4) is 0 Å². The minimum Gasteiger partial charge on any atom is -0.394 e. The molecule has 0 unspecified atom stereocenters. The molecule has 2 aromatic rings. The molecule has 5 heteroatoms. The van der Waals surface area contributed by atoms with E-state index in [2.05, 4.69) is 17.9 Å². The summed E-state index contributed by atoms with van der Waals surface area (Å²) in [5.74, 6) is 5.17. The van der Waals surface area contributed by atoms with Crippen molar-refractivity contribution >= 4 is 5.91 Å². The zero-order chi connectivity index (χ0) is 20.3. The maximum atomic E-state index is 13.5. The molecule has 0 bridgehead atoms. The quantitative estimate of drug-likeness (QED) is 0.836. The average molecular weight is 376 g/mol. The highest BCUT2D eigenvalue weighted by Crippen LogP contribution is 2.41. The zero-order valence-corrected chi connectivity index (χ0v) is 15.8. The van der Waals surface area contributed by atoms with E-state index in [1.165, 1.54) is 23.1 Å². The van der Waals surface area contributed by atoms with E-state index in [1.807, 2.05) is 38.1 Å². The van der Waals surface area contributed by atoms with Crippen LogP contribution >= 0.6 is 0 Å². The van der Waals surface area contributed by atoms with Gasteiger partial charge in [-0.05, 0) is 35.9 Å². The Balaban J connectivity index is 1.85. The van der Waals surface area contributed by atoms with Gasteiger partial charge in [-0.3, -0.25) is 4.79 Å².